The molecule has 98 valence electrons. The first-order valence-corrected chi connectivity index (χ1v) is 6.97. The van der Waals surface area contributed by atoms with Gasteiger partial charge in [-0.15, -0.1) is 0 Å². The van der Waals surface area contributed by atoms with Crippen molar-refractivity contribution in [3.63, 3.8) is 0 Å². The van der Waals surface area contributed by atoms with Crippen LogP contribution in [0.5, 0.6) is 5.75 Å². The highest BCUT2D eigenvalue weighted by Gasteiger charge is 2.21. The van der Waals surface area contributed by atoms with Crippen molar-refractivity contribution in [3.8, 4) is 11.4 Å². The maximum absolute atomic E-state index is 12.7. The van der Waals surface area contributed by atoms with E-state index >= 15 is 0 Å². The van der Waals surface area contributed by atoms with Crippen molar-refractivity contribution in [3.05, 3.63) is 63.1 Å². The molecule has 0 N–H and O–H groups in total. The monoisotopic (exact) mass is 328 g/mol. The van der Waals surface area contributed by atoms with E-state index in [-0.39, 0.29) is 5.56 Å². The minimum absolute atomic E-state index is 0.0618. The van der Waals surface area contributed by atoms with Gasteiger partial charge in [0.15, 0.2) is 5.82 Å². The van der Waals surface area contributed by atoms with Gasteiger partial charge in [0.05, 0.1) is 16.6 Å². The molecule has 1 aliphatic rings. The Hall–Kier alpha value is -2.14. The van der Waals surface area contributed by atoms with Crippen molar-refractivity contribution in [2.45, 2.75) is 6.61 Å². The van der Waals surface area contributed by atoms with E-state index in [1.165, 1.54) is 0 Å². The molecule has 4 nitrogen and oxygen atoms in total. The second-order valence-electron chi connectivity index (χ2n) is 4.59. The molecule has 0 bridgehead atoms. The Kier molecular flexibility index (Phi) is 2.44. The third kappa shape index (κ3) is 1.59. The number of nitrogens with zero attached hydrogens (tertiary/aromatic N) is 2. The van der Waals surface area contributed by atoms with Crippen LogP contribution < -0.4 is 10.3 Å². The van der Waals surface area contributed by atoms with Gasteiger partial charge < -0.3 is 4.74 Å². The van der Waals surface area contributed by atoms with E-state index in [1.807, 2.05) is 36.4 Å². The second-order valence-corrected chi connectivity index (χ2v) is 5.50. The lowest BCUT2D eigenvalue weighted by atomic mass is 10.2. The van der Waals surface area contributed by atoms with Crippen LogP contribution in [-0.4, -0.2) is 9.55 Å². The van der Waals surface area contributed by atoms with Gasteiger partial charge in [-0.3, -0.25) is 9.36 Å². The zero-order valence-electron chi connectivity index (χ0n) is 10.3. The summed E-state index contributed by atoms with van der Waals surface area (Å²) >= 11 is 3.43. The van der Waals surface area contributed by atoms with Crippen LogP contribution in [0.1, 0.15) is 5.82 Å². The number of hydrogen-bond acceptors (Lipinski definition) is 3. The highest BCUT2D eigenvalue weighted by Crippen LogP contribution is 2.30. The Morgan fingerprint density at radius 1 is 1.20 bits per heavy atom. The van der Waals surface area contributed by atoms with Crippen LogP contribution in [0.15, 0.2) is 51.7 Å². The van der Waals surface area contributed by atoms with E-state index in [2.05, 4.69) is 20.9 Å². The zero-order chi connectivity index (χ0) is 13.7. The highest BCUT2D eigenvalue weighted by molar-refractivity contribution is 9.10. The van der Waals surface area contributed by atoms with Crippen LogP contribution in [0, 0.1) is 0 Å². The number of rotatable bonds is 0. The predicted octanol–water partition coefficient (Wildman–Crippen LogP) is 3.04. The molecule has 2 heterocycles. The van der Waals surface area contributed by atoms with Gasteiger partial charge >= 0.3 is 0 Å². The highest BCUT2D eigenvalue weighted by atomic mass is 79.9. The molecule has 0 atom stereocenters. The lowest BCUT2D eigenvalue weighted by Crippen LogP contribution is -2.28. The van der Waals surface area contributed by atoms with Crippen molar-refractivity contribution in [1.29, 1.82) is 0 Å². The molecule has 0 amide bonds. The number of hydrogen-bond donors (Lipinski definition) is 0. The Morgan fingerprint density at radius 2 is 2.05 bits per heavy atom. The molecule has 20 heavy (non-hydrogen) atoms. The van der Waals surface area contributed by atoms with Crippen molar-refractivity contribution in [1.82, 2.24) is 9.55 Å². The summed E-state index contributed by atoms with van der Waals surface area (Å²) in [7, 11) is 0. The quantitative estimate of drug-likeness (QED) is 0.637. The van der Waals surface area contributed by atoms with E-state index in [9.17, 15) is 4.79 Å². The molecule has 0 aliphatic carbocycles. The lowest BCUT2D eigenvalue weighted by Gasteiger charge is -2.22. The summed E-state index contributed by atoms with van der Waals surface area (Å²) in [6.07, 6.45) is 0. The average molecular weight is 329 g/mol. The minimum atomic E-state index is -0.0618. The van der Waals surface area contributed by atoms with Crippen LogP contribution in [0.2, 0.25) is 0 Å². The molecule has 2 aromatic carbocycles. The molecule has 3 aromatic rings. The number of fused-ring (bicyclic) bond motifs is 4. The van der Waals surface area contributed by atoms with Gasteiger partial charge in [0.2, 0.25) is 0 Å². The maximum atomic E-state index is 12.7. The van der Waals surface area contributed by atoms with E-state index in [0.29, 0.717) is 29.1 Å². The van der Waals surface area contributed by atoms with E-state index in [4.69, 9.17) is 4.74 Å². The van der Waals surface area contributed by atoms with Crippen molar-refractivity contribution < 1.29 is 4.74 Å². The molecule has 0 saturated heterocycles. The third-order valence-corrected chi connectivity index (χ3v) is 3.86. The second kappa shape index (κ2) is 4.18. The topological polar surface area (TPSA) is 44.1 Å². The first-order valence-electron chi connectivity index (χ1n) is 6.17. The largest absolute Gasteiger partial charge is 0.483 e. The minimum Gasteiger partial charge on any atom is -0.483 e. The summed E-state index contributed by atoms with van der Waals surface area (Å²) in [5.41, 5.74) is 1.36. The summed E-state index contributed by atoms with van der Waals surface area (Å²) in [6.45, 7) is 0.300. The smallest absolute Gasteiger partial charge is 0.266 e. The van der Waals surface area contributed by atoms with Gasteiger partial charge in [0.1, 0.15) is 12.4 Å². The SMILES string of the molecule is O=c1c2ccccc2nc2n1-c1cc(Br)ccc1OC2. The molecule has 1 aliphatic heterocycles. The van der Waals surface area contributed by atoms with E-state index < -0.39 is 0 Å². The fourth-order valence-corrected chi connectivity index (χ4v) is 2.80. The van der Waals surface area contributed by atoms with Gasteiger partial charge in [-0.1, -0.05) is 28.1 Å². The lowest BCUT2D eigenvalue weighted by molar-refractivity contribution is 0.277. The standard InChI is InChI=1S/C15H9BrN2O2/c16-9-5-6-13-12(7-9)18-14(8-20-13)17-11-4-2-1-3-10(11)15(18)19/h1-7H,8H2. The summed E-state index contributed by atoms with van der Waals surface area (Å²) in [6, 6.07) is 13.0. The average Bonchev–Trinajstić information content (AvgIpc) is 2.47. The first kappa shape index (κ1) is 11.7. The van der Waals surface area contributed by atoms with Crippen molar-refractivity contribution in [2.75, 3.05) is 0 Å². The molecular formula is C15H9BrN2O2. The summed E-state index contributed by atoms with van der Waals surface area (Å²) in [5.74, 6) is 1.32. The van der Waals surface area contributed by atoms with Crippen LogP contribution in [-0.2, 0) is 6.61 Å². The molecule has 5 heteroatoms. The van der Waals surface area contributed by atoms with E-state index in [1.54, 1.807) is 10.6 Å². The Morgan fingerprint density at radius 3 is 2.95 bits per heavy atom. The van der Waals surface area contributed by atoms with E-state index in [0.717, 1.165) is 10.2 Å². The summed E-state index contributed by atoms with van der Waals surface area (Å²) < 4.78 is 8.19. The van der Waals surface area contributed by atoms with Crippen LogP contribution in [0.4, 0.5) is 0 Å². The number of halogens is 1. The number of ether oxygens (including phenoxy) is 1. The van der Waals surface area contributed by atoms with Crippen molar-refractivity contribution >= 4 is 26.8 Å². The maximum Gasteiger partial charge on any atom is 0.266 e. The van der Waals surface area contributed by atoms with Gasteiger partial charge in [-0.2, -0.15) is 0 Å². The van der Waals surface area contributed by atoms with Crippen LogP contribution >= 0.6 is 15.9 Å². The zero-order valence-corrected chi connectivity index (χ0v) is 11.9. The van der Waals surface area contributed by atoms with Gasteiger partial charge in [-0.05, 0) is 30.3 Å². The Bertz CT molecular complexity index is 902. The molecule has 0 spiro atoms. The van der Waals surface area contributed by atoms with Gasteiger partial charge in [0, 0.05) is 4.47 Å². The van der Waals surface area contributed by atoms with Crippen LogP contribution in [0.25, 0.3) is 16.6 Å². The fraction of sp³-hybridized carbons (Fsp3) is 0.0667. The first-order chi connectivity index (χ1) is 9.74. The van der Waals surface area contributed by atoms with Gasteiger partial charge in [0.25, 0.3) is 5.56 Å². The third-order valence-electron chi connectivity index (χ3n) is 3.36. The number of para-hydroxylation sites is 1. The number of aromatic nitrogens is 2. The molecule has 0 saturated carbocycles. The normalized spacial score (nSPS) is 12.7. The molecule has 0 fully saturated rings. The molecule has 4 rings (SSSR count). The fourth-order valence-electron chi connectivity index (χ4n) is 2.45. The number of benzene rings is 2. The summed E-state index contributed by atoms with van der Waals surface area (Å²) in [5, 5.41) is 0.615. The molecule has 0 radical (unpaired) electrons. The predicted molar refractivity (Wildman–Crippen MR) is 79.4 cm³/mol. The Labute approximate surface area is 122 Å². The summed E-state index contributed by atoms with van der Waals surface area (Å²) in [4.78, 5) is 17.2. The van der Waals surface area contributed by atoms with Gasteiger partial charge in [-0.25, -0.2) is 4.98 Å². The Balaban J connectivity index is 2.14. The molecule has 1 aromatic heterocycles. The molecular weight excluding hydrogens is 320 g/mol. The van der Waals surface area contributed by atoms with Crippen molar-refractivity contribution in [2.24, 2.45) is 0 Å². The molecule has 0 unspecified atom stereocenters. The van der Waals surface area contributed by atoms with Crippen LogP contribution in [0.3, 0.4) is 0 Å².